The van der Waals surface area contributed by atoms with Gasteiger partial charge in [-0.3, -0.25) is 4.79 Å². The molecule has 1 atom stereocenters. The van der Waals surface area contributed by atoms with E-state index in [0.717, 1.165) is 37.4 Å². The van der Waals surface area contributed by atoms with Gasteiger partial charge in [-0.15, -0.1) is 0 Å². The predicted octanol–water partition coefficient (Wildman–Crippen LogP) is 0.802. The predicted molar refractivity (Wildman–Crippen MR) is 98.8 cm³/mol. The Balaban J connectivity index is 1.50. The summed E-state index contributed by atoms with van der Waals surface area (Å²) in [7, 11) is 0. The molecule has 25 heavy (non-hydrogen) atoms. The van der Waals surface area contributed by atoms with Crippen LogP contribution in [0.25, 0.3) is 0 Å². The van der Waals surface area contributed by atoms with Crippen LogP contribution < -0.4 is 15.1 Å². The second-order valence-corrected chi connectivity index (χ2v) is 6.56. The van der Waals surface area contributed by atoms with Crippen LogP contribution in [0.5, 0.6) is 5.75 Å². The van der Waals surface area contributed by atoms with Crippen molar-refractivity contribution in [2.45, 2.75) is 19.5 Å². The summed E-state index contributed by atoms with van der Waals surface area (Å²) in [4.78, 5) is 15.9. The molecule has 0 aliphatic carbocycles. The zero-order valence-electron chi connectivity index (χ0n) is 14.6. The lowest BCUT2D eigenvalue weighted by atomic mass is 10.1. The molecule has 0 spiro atoms. The fraction of sp³-hybridized carbons (Fsp3) is 0.350. The van der Waals surface area contributed by atoms with Crippen molar-refractivity contribution in [1.29, 1.82) is 0 Å². The second kappa shape index (κ2) is 8.03. The van der Waals surface area contributed by atoms with E-state index in [-0.39, 0.29) is 11.9 Å². The van der Waals surface area contributed by atoms with Crippen molar-refractivity contribution in [2.24, 2.45) is 0 Å². The number of phenolic OH excluding ortho intramolecular Hbond substituents is 1. The van der Waals surface area contributed by atoms with Crippen molar-refractivity contribution < 1.29 is 14.8 Å². The Morgan fingerprint density at radius 2 is 1.76 bits per heavy atom. The van der Waals surface area contributed by atoms with Crippen molar-refractivity contribution in [3.8, 4) is 5.75 Å². The Bertz CT molecular complexity index is 697. The van der Waals surface area contributed by atoms with Crippen LogP contribution in [0.2, 0.25) is 0 Å². The van der Waals surface area contributed by atoms with Gasteiger partial charge in [-0.25, -0.2) is 0 Å². The fourth-order valence-corrected chi connectivity index (χ4v) is 3.32. The van der Waals surface area contributed by atoms with E-state index < -0.39 is 0 Å². The van der Waals surface area contributed by atoms with Crippen molar-refractivity contribution in [3.05, 3.63) is 60.2 Å². The molecule has 0 aromatic heterocycles. The van der Waals surface area contributed by atoms with Crippen LogP contribution >= 0.6 is 0 Å². The number of amides is 1. The third-order valence-corrected chi connectivity index (χ3v) is 4.94. The molecule has 1 aliphatic heterocycles. The number of aromatic hydroxyl groups is 1. The molecule has 1 aliphatic rings. The molecule has 1 amide bonds. The van der Waals surface area contributed by atoms with Gasteiger partial charge in [0.05, 0.1) is 31.9 Å². The van der Waals surface area contributed by atoms with Crippen LogP contribution in [0, 0.1) is 0 Å². The Labute approximate surface area is 148 Å². The summed E-state index contributed by atoms with van der Waals surface area (Å²) in [5.74, 6) is 0.412. The third-order valence-electron chi connectivity index (χ3n) is 4.94. The number of quaternary nitrogens is 1. The van der Waals surface area contributed by atoms with Gasteiger partial charge in [0.2, 0.25) is 0 Å². The van der Waals surface area contributed by atoms with Crippen LogP contribution in [0.3, 0.4) is 0 Å². The van der Waals surface area contributed by atoms with E-state index in [1.807, 2.05) is 55.5 Å². The Hall–Kier alpha value is -2.53. The van der Waals surface area contributed by atoms with Crippen molar-refractivity contribution >= 4 is 11.6 Å². The van der Waals surface area contributed by atoms with Gasteiger partial charge in [-0.05, 0) is 24.6 Å². The smallest absolute Gasteiger partial charge is 0.278 e. The number of nitrogens with zero attached hydrogens (tertiary/aromatic N) is 1. The highest BCUT2D eigenvalue weighted by atomic mass is 16.3. The molecule has 3 N–H and O–H groups in total. The summed E-state index contributed by atoms with van der Waals surface area (Å²) < 4.78 is 0. The molecule has 3 rings (SSSR count). The molecule has 0 saturated carbocycles. The maximum absolute atomic E-state index is 12.4. The van der Waals surface area contributed by atoms with Gasteiger partial charge in [-0.1, -0.05) is 42.5 Å². The van der Waals surface area contributed by atoms with Crippen molar-refractivity contribution in [1.82, 2.24) is 5.32 Å². The van der Waals surface area contributed by atoms with Gasteiger partial charge in [0, 0.05) is 6.54 Å². The Morgan fingerprint density at radius 3 is 2.44 bits per heavy atom. The van der Waals surface area contributed by atoms with Crippen molar-refractivity contribution in [2.75, 3.05) is 31.1 Å². The maximum Gasteiger partial charge on any atom is 0.278 e. The van der Waals surface area contributed by atoms with Gasteiger partial charge in [0.15, 0.2) is 6.04 Å². The first kappa shape index (κ1) is 17.3. The zero-order chi connectivity index (χ0) is 17.6. The Morgan fingerprint density at radius 1 is 1.12 bits per heavy atom. The first-order valence-corrected chi connectivity index (χ1v) is 8.84. The van der Waals surface area contributed by atoms with Gasteiger partial charge in [0.25, 0.3) is 5.91 Å². The highest BCUT2D eigenvalue weighted by Crippen LogP contribution is 2.25. The van der Waals surface area contributed by atoms with Gasteiger partial charge >= 0.3 is 0 Å². The van der Waals surface area contributed by atoms with Gasteiger partial charge < -0.3 is 20.2 Å². The van der Waals surface area contributed by atoms with Crippen LogP contribution in [0.4, 0.5) is 5.69 Å². The number of hydrogen-bond donors (Lipinski definition) is 3. The summed E-state index contributed by atoms with van der Waals surface area (Å²) in [5.41, 5.74) is 1.99. The van der Waals surface area contributed by atoms with E-state index in [2.05, 4.69) is 10.2 Å². The molecule has 1 fully saturated rings. The number of carbonyl (C=O) groups excluding carboxylic acids is 1. The lowest BCUT2D eigenvalue weighted by Gasteiger charge is -2.36. The molecule has 2 aromatic rings. The fourth-order valence-electron chi connectivity index (χ4n) is 3.32. The summed E-state index contributed by atoms with van der Waals surface area (Å²) >= 11 is 0. The summed E-state index contributed by atoms with van der Waals surface area (Å²) in [5, 5.41) is 13.0. The molecule has 132 valence electrons. The van der Waals surface area contributed by atoms with E-state index in [0.29, 0.717) is 12.3 Å². The summed E-state index contributed by atoms with van der Waals surface area (Å²) in [6.07, 6.45) is 0. The van der Waals surface area contributed by atoms with Crippen LogP contribution in [0.1, 0.15) is 12.5 Å². The molecular weight excluding hydrogens is 314 g/mol. The SMILES string of the molecule is C[C@@H](C(=O)NCc1ccccc1)[NH+]1CCN(c2ccccc2O)CC1. The average Bonchev–Trinajstić information content (AvgIpc) is 2.67. The minimum Gasteiger partial charge on any atom is -0.506 e. The average molecular weight is 340 g/mol. The van der Waals surface area contributed by atoms with E-state index in [1.165, 1.54) is 4.90 Å². The lowest BCUT2D eigenvalue weighted by Crippen LogP contribution is -3.19. The second-order valence-electron chi connectivity index (χ2n) is 6.56. The molecule has 0 unspecified atom stereocenters. The quantitative estimate of drug-likeness (QED) is 0.755. The third kappa shape index (κ3) is 4.31. The first-order valence-electron chi connectivity index (χ1n) is 8.84. The van der Waals surface area contributed by atoms with E-state index in [1.54, 1.807) is 6.07 Å². The molecule has 0 radical (unpaired) electrons. The number of anilines is 1. The maximum atomic E-state index is 12.4. The minimum atomic E-state index is -0.0739. The largest absolute Gasteiger partial charge is 0.506 e. The number of piperazine rings is 1. The van der Waals surface area contributed by atoms with Crippen molar-refractivity contribution in [3.63, 3.8) is 0 Å². The zero-order valence-corrected chi connectivity index (χ0v) is 14.6. The van der Waals surface area contributed by atoms with E-state index in [4.69, 9.17) is 0 Å². The van der Waals surface area contributed by atoms with E-state index >= 15 is 0 Å². The first-order chi connectivity index (χ1) is 12.1. The highest BCUT2D eigenvalue weighted by Gasteiger charge is 2.29. The number of benzene rings is 2. The lowest BCUT2D eigenvalue weighted by molar-refractivity contribution is -0.914. The minimum absolute atomic E-state index is 0.0739. The molecule has 1 heterocycles. The monoisotopic (exact) mass is 340 g/mol. The molecular formula is C20H26N3O2+. The molecule has 5 heteroatoms. The van der Waals surface area contributed by atoms with Gasteiger partial charge in [-0.2, -0.15) is 0 Å². The number of para-hydroxylation sites is 2. The van der Waals surface area contributed by atoms with Crippen LogP contribution in [0.15, 0.2) is 54.6 Å². The summed E-state index contributed by atoms with van der Waals surface area (Å²) in [6, 6.07) is 17.3. The van der Waals surface area contributed by atoms with E-state index in [9.17, 15) is 9.90 Å². The summed E-state index contributed by atoms with van der Waals surface area (Å²) in [6.45, 7) is 6.00. The standard InChI is InChI=1S/C20H25N3O2/c1-16(20(25)21-15-17-7-3-2-4-8-17)22-11-13-23(14-12-22)18-9-5-6-10-19(18)24/h2-10,16,24H,11-15H2,1H3,(H,21,25)/p+1/t16-/m0/s1. The number of nitrogens with one attached hydrogen (secondary N) is 2. The molecule has 1 saturated heterocycles. The number of carbonyl (C=O) groups is 1. The van der Waals surface area contributed by atoms with Crippen LogP contribution in [-0.2, 0) is 11.3 Å². The molecule has 5 nitrogen and oxygen atoms in total. The Kier molecular flexibility index (Phi) is 5.56. The highest BCUT2D eigenvalue weighted by molar-refractivity contribution is 5.79. The topological polar surface area (TPSA) is 57.0 Å². The molecule has 2 aromatic carbocycles. The number of rotatable bonds is 5. The van der Waals surface area contributed by atoms with Crippen LogP contribution in [-0.4, -0.2) is 43.2 Å². The number of phenols is 1. The number of hydrogen-bond acceptors (Lipinski definition) is 3. The van der Waals surface area contributed by atoms with Gasteiger partial charge in [0.1, 0.15) is 5.75 Å². The normalized spacial score (nSPS) is 16.4. The molecule has 0 bridgehead atoms.